The van der Waals surface area contributed by atoms with Crippen molar-refractivity contribution in [1.29, 1.82) is 0 Å². The smallest absolute Gasteiger partial charge is 0.158 e. The number of hydrogen-bond acceptors (Lipinski definition) is 3. The minimum absolute atomic E-state index is 0. The zero-order valence-corrected chi connectivity index (χ0v) is 26.9. The van der Waals surface area contributed by atoms with Crippen LogP contribution in [0.15, 0.2) is 78.6 Å². The van der Waals surface area contributed by atoms with E-state index in [1.54, 1.807) is 13.8 Å². The van der Waals surface area contributed by atoms with Gasteiger partial charge < -0.3 is 5.11 Å². The first-order valence-corrected chi connectivity index (χ1v) is 16.5. The van der Waals surface area contributed by atoms with Gasteiger partial charge in [0.05, 0.1) is 19.3 Å². The molecule has 0 spiro atoms. The maximum atomic E-state index is 10.5. The molecule has 0 bridgehead atoms. The van der Waals surface area contributed by atoms with E-state index in [0.29, 0.717) is 12.8 Å². The van der Waals surface area contributed by atoms with Gasteiger partial charge in [0.15, 0.2) is 5.78 Å². The van der Waals surface area contributed by atoms with E-state index in [2.05, 4.69) is 106 Å². The average molecular weight is 701 g/mol. The molecule has 1 N–H and O–H groups in total. The molecule has 0 aliphatic carbocycles. The predicted molar refractivity (Wildman–Crippen MR) is 160 cm³/mol. The summed E-state index contributed by atoms with van der Waals surface area (Å²) in [7, 11) is -1.37. The molecule has 0 atom stereocenters. The van der Waals surface area contributed by atoms with Crippen LogP contribution < -0.4 is 5.19 Å². The van der Waals surface area contributed by atoms with Crippen LogP contribution in [0, 0.1) is 19.9 Å². The molecule has 4 aromatic rings. The number of hydrogen-bond donors (Lipinski definition) is 1. The summed E-state index contributed by atoms with van der Waals surface area (Å²) < 4.78 is 0. The molecule has 1 radical (unpaired) electrons. The van der Waals surface area contributed by atoms with E-state index in [1.807, 2.05) is 0 Å². The summed E-state index contributed by atoms with van der Waals surface area (Å²) in [6.45, 7) is 15.0. The number of aryl methyl sites for hydroxylation is 2. The Hall–Kier alpha value is -2.85. The van der Waals surface area contributed by atoms with Gasteiger partial charge in [-0.15, -0.1) is 34.9 Å². The van der Waals surface area contributed by atoms with Crippen LogP contribution in [0.2, 0.25) is 19.6 Å². The maximum Gasteiger partial charge on any atom is 0.158 e. The van der Waals surface area contributed by atoms with Gasteiger partial charge in [0.1, 0.15) is 0 Å². The molecule has 0 fully saturated rings. The number of aromatic nitrogens is 1. The molecule has 0 saturated heterocycles. The van der Waals surface area contributed by atoms with Crippen molar-refractivity contribution in [3.05, 3.63) is 95.8 Å². The number of rotatable bonds is 6. The molecule has 4 rings (SSSR count). The third-order valence-corrected chi connectivity index (χ3v) is 8.25. The zero-order valence-electron chi connectivity index (χ0n) is 23.5. The summed E-state index contributed by atoms with van der Waals surface area (Å²) in [4.78, 5) is 15.7. The number of aliphatic hydroxyl groups is 1. The van der Waals surface area contributed by atoms with Crippen LogP contribution in [0.1, 0.15) is 37.8 Å². The Balaban J connectivity index is 0.000000439. The van der Waals surface area contributed by atoms with Gasteiger partial charge in [-0.25, -0.2) is 0 Å². The summed E-state index contributed by atoms with van der Waals surface area (Å²) in [5.41, 5.74) is 7.86. The number of nitrogens with zero attached hydrogens (tertiary/aromatic N) is 1. The van der Waals surface area contributed by atoms with Gasteiger partial charge in [-0.2, -0.15) is 0 Å². The summed E-state index contributed by atoms with van der Waals surface area (Å²) in [5, 5.41) is 11.5. The van der Waals surface area contributed by atoms with Crippen LogP contribution in [0.3, 0.4) is 0 Å². The van der Waals surface area contributed by atoms with Crippen LogP contribution in [0.25, 0.3) is 33.3 Å². The van der Waals surface area contributed by atoms with Crippen LogP contribution in [0.5, 0.6) is 0 Å². The first-order chi connectivity index (χ1) is 17.5. The number of aliphatic hydroxyl groups excluding tert-OH is 1. The van der Waals surface area contributed by atoms with Gasteiger partial charge >= 0.3 is 0 Å². The number of carbonyl (C=O) groups excluding carboxylic acids is 1. The Kier molecular flexibility index (Phi) is 11.4. The van der Waals surface area contributed by atoms with Crippen molar-refractivity contribution < 1.29 is 30.0 Å². The Morgan fingerprint density at radius 2 is 1.63 bits per heavy atom. The number of allylic oxidation sites excluding steroid dienone is 2. The van der Waals surface area contributed by atoms with Crippen molar-refractivity contribution in [2.75, 3.05) is 0 Å². The van der Waals surface area contributed by atoms with Crippen molar-refractivity contribution >= 4 is 29.9 Å². The van der Waals surface area contributed by atoms with E-state index in [4.69, 9.17) is 10.1 Å². The summed E-state index contributed by atoms with van der Waals surface area (Å²) >= 11 is 0. The molecular weight excluding hydrogens is 663 g/mol. The normalized spacial score (nSPS) is 11.4. The van der Waals surface area contributed by atoms with Gasteiger partial charge in [-0.1, -0.05) is 101 Å². The first-order valence-electron chi connectivity index (χ1n) is 13.0. The third-order valence-electron chi connectivity index (χ3n) is 6.21. The minimum atomic E-state index is -1.37. The number of carbonyl (C=O) groups is 1. The summed E-state index contributed by atoms with van der Waals surface area (Å²) in [6, 6.07) is 27.5. The molecular formula is C33H38IrNO2Si-. The molecule has 0 saturated carbocycles. The molecule has 5 heteroatoms. The maximum absolute atomic E-state index is 10.5. The van der Waals surface area contributed by atoms with Gasteiger partial charge in [0.2, 0.25) is 0 Å². The minimum Gasteiger partial charge on any atom is -0.512 e. The molecule has 3 nitrogen and oxygen atoms in total. The van der Waals surface area contributed by atoms with Crippen molar-refractivity contribution in [1.82, 2.24) is 4.98 Å². The fourth-order valence-electron chi connectivity index (χ4n) is 4.10. The molecule has 0 unspecified atom stereocenters. The van der Waals surface area contributed by atoms with Crippen molar-refractivity contribution in [3.63, 3.8) is 0 Å². The monoisotopic (exact) mass is 701 g/mol. The topological polar surface area (TPSA) is 50.2 Å². The molecule has 0 aliphatic heterocycles. The van der Waals surface area contributed by atoms with Crippen LogP contribution in [-0.2, 0) is 24.9 Å². The van der Waals surface area contributed by atoms with Crippen molar-refractivity contribution in [2.45, 2.75) is 60.2 Å². The Morgan fingerprint density at radius 3 is 2.21 bits per heavy atom. The van der Waals surface area contributed by atoms with Crippen molar-refractivity contribution in [3.8, 4) is 22.4 Å². The standard InChI is InChI=1S/C26H26NSi.C7H12O2.Ir/c1-18-13-19(2)15-22(14-18)26-24(20-9-7-6-8-10-20)17-21-16-23(28(3,4)5)11-12-25(21)27-26;1-3-6(8)5-7(9)4-2;/h6-14,16-17H,1-5H3;5,8H,3-4H2,1-2H3;/q-1;;/b;6-5-;. The van der Waals surface area contributed by atoms with Gasteiger partial charge in [-0.05, 0) is 28.3 Å². The van der Waals surface area contributed by atoms with Gasteiger partial charge in [0.25, 0.3) is 0 Å². The van der Waals surface area contributed by atoms with Gasteiger partial charge in [0, 0.05) is 39.0 Å². The predicted octanol–water partition coefficient (Wildman–Crippen LogP) is 8.35. The van der Waals surface area contributed by atoms with E-state index >= 15 is 0 Å². The summed E-state index contributed by atoms with van der Waals surface area (Å²) in [5.74, 6) is 0.149. The second kappa shape index (κ2) is 13.8. The second-order valence-corrected chi connectivity index (χ2v) is 15.5. The molecule has 38 heavy (non-hydrogen) atoms. The molecule has 1 aromatic heterocycles. The SMILES string of the molecule is CCC(=O)/C=C(\O)CC.Cc1[c-]c(-c2nc3ccc([Si](C)(C)C)cc3cc2-c2ccccc2)cc(C)c1.[Ir]. The Bertz CT molecular complexity index is 1400. The Labute approximate surface area is 242 Å². The second-order valence-electron chi connectivity index (χ2n) is 10.5. The van der Waals surface area contributed by atoms with E-state index in [1.165, 1.54) is 33.3 Å². The van der Waals surface area contributed by atoms with Crippen LogP contribution in [-0.4, -0.2) is 23.9 Å². The molecule has 3 aromatic carbocycles. The third kappa shape index (κ3) is 8.32. The molecule has 0 aliphatic rings. The van der Waals surface area contributed by atoms with Gasteiger partial charge in [-0.3, -0.25) is 9.78 Å². The van der Waals surface area contributed by atoms with E-state index in [-0.39, 0.29) is 31.6 Å². The fraction of sp³-hybridized carbons (Fsp3) is 0.273. The van der Waals surface area contributed by atoms with Crippen molar-refractivity contribution in [2.24, 2.45) is 0 Å². The van der Waals surface area contributed by atoms with Crippen LogP contribution in [0.4, 0.5) is 0 Å². The summed E-state index contributed by atoms with van der Waals surface area (Å²) in [6.07, 6.45) is 2.27. The van der Waals surface area contributed by atoms with E-state index < -0.39 is 8.07 Å². The zero-order chi connectivity index (χ0) is 27.2. The van der Waals surface area contributed by atoms with Crippen LogP contribution >= 0.6 is 0 Å². The number of ketones is 1. The van der Waals surface area contributed by atoms with E-state index in [9.17, 15) is 4.79 Å². The fourth-order valence-corrected chi connectivity index (χ4v) is 5.27. The number of pyridine rings is 1. The molecule has 1 heterocycles. The largest absolute Gasteiger partial charge is 0.512 e. The average Bonchev–Trinajstić information content (AvgIpc) is 2.87. The van der Waals surface area contributed by atoms with E-state index in [0.717, 1.165) is 22.3 Å². The first kappa shape index (κ1) is 31.4. The quantitative estimate of drug-likeness (QED) is 0.0953. The molecule has 201 valence electrons. The molecule has 0 amide bonds. The number of benzene rings is 3. The Morgan fingerprint density at radius 1 is 0.947 bits per heavy atom. The number of fused-ring (bicyclic) bond motifs is 1.